The van der Waals surface area contributed by atoms with Crippen LogP contribution in [0.3, 0.4) is 0 Å². The van der Waals surface area contributed by atoms with E-state index in [0.717, 1.165) is 15.1 Å². The van der Waals surface area contributed by atoms with Crippen LogP contribution in [-0.4, -0.2) is 20.9 Å². The highest BCUT2D eigenvalue weighted by Gasteiger charge is 2.27. The molecule has 0 aliphatic rings. The van der Waals surface area contributed by atoms with E-state index in [1.165, 1.54) is 18.2 Å². The van der Waals surface area contributed by atoms with Crippen LogP contribution < -0.4 is 9.62 Å². The molecular weight excluding hydrogens is 432 g/mol. The van der Waals surface area contributed by atoms with E-state index in [9.17, 15) is 13.2 Å². The topological polar surface area (TPSA) is 66.5 Å². The number of anilines is 2. The second-order valence-electron chi connectivity index (χ2n) is 6.91. The van der Waals surface area contributed by atoms with E-state index in [1.807, 2.05) is 36.4 Å². The molecule has 0 aromatic heterocycles. The monoisotopic (exact) mass is 450 g/mol. The molecule has 0 saturated carbocycles. The number of hydrogen-bond acceptors (Lipinski definition) is 3. The predicted octanol–water partition coefficient (Wildman–Crippen LogP) is 5.33. The number of rotatable bonds is 6. The lowest BCUT2D eigenvalue weighted by molar-refractivity contribution is -0.114. The van der Waals surface area contributed by atoms with Crippen molar-refractivity contribution in [2.75, 3.05) is 16.2 Å². The second-order valence-corrected chi connectivity index (χ2v) is 9.21. The summed E-state index contributed by atoms with van der Waals surface area (Å²) in [6, 6.07) is 27.7. The number of carbonyl (C=O) groups excluding carboxylic acids is 1. The lowest BCUT2D eigenvalue weighted by atomic mass is 10.1. The Morgan fingerprint density at radius 2 is 1.52 bits per heavy atom. The Morgan fingerprint density at radius 3 is 2.26 bits per heavy atom. The summed E-state index contributed by atoms with van der Waals surface area (Å²) < 4.78 is 27.7. The smallest absolute Gasteiger partial charge is 0.264 e. The van der Waals surface area contributed by atoms with E-state index >= 15 is 0 Å². The van der Waals surface area contributed by atoms with Crippen molar-refractivity contribution in [1.29, 1.82) is 0 Å². The van der Waals surface area contributed by atoms with Crippen LogP contribution in [0.4, 0.5) is 11.4 Å². The van der Waals surface area contributed by atoms with Crippen molar-refractivity contribution >= 4 is 49.7 Å². The fourth-order valence-electron chi connectivity index (χ4n) is 3.26. The van der Waals surface area contributed by atoms with Gasteiger partial charge in [-0.05, 0) is 53.2 Å². The Labute approximate surface area is 185 Å². The maximum Gasteiger partial charge on any atom is 0.264 e. The Kier molecular flexibility index (Phi) is 5.93. The molecule has 0 atom stereocenters. The zero-order valence-corrected chi connectivity index (χ0v) is 18.0. The van der Waals surface area contributed by atoms with Gasteiger partial charge in [-0.25, -0.2) is 8.42 Å². The highest BCUT2D eigenvalue weighted by atomic mass is 35.5. The molecule has 5 nitrogen and oxygen atoms in total. The molecule has 156 valence electrons. The van der Waals surface area contributed by atoms with Gasteiger partial charge in [-0.1, -0.05) is 66.2 Å². The molecule has 7 heteroatoms. The molecule has 0 bridgehead atoms. The summed E-state index contributed by atoms with van der Waals surface area (Å²) in [5.74, 6) is -0.463. The number of sulfonamides is 1. The molecule has 0 spiro atoms. The second kappa shape index (κ2) is 8.79. The van der Waals surface area contributed by atoms with Gasteiger partial charge < -0.3 is 5.32 Å². The normalized spacial score (nSPS) is 11.3. The first kappa shape index (κ1) is 20.9. The number of fused-ring (bicyclic) bond motifs is 1. The highest BCUT2D eigenvalue weighted by Crippen LogP contribution is 2.26. The minimum atomic E-state index is -3.98. The quantitative estimate of drug-likeness (QED) is 0.432. The SMILES string of the molecule is O=C(CN(c1cccc(Cl)c1)S(=O)(=O)c1ccccc1)Nc1ccc2ccccc2c1. The molecule has 0 heterocycles. The van der Waals surface area contributed by atoms with Gasteiger partial charge in [-0.3, -0.25) is 9.10 Å². The summed E-state index contributed by atoms with van der Waals surface area (Å²) in [6.07, 6.45) is 0. The van der Waals surface area contributed by atoms with Crippen molar-refractivity contribution in [3.63, 3.8) is 0 Å². The maximum atomic E-state index is 13.3. The van der Waals surface area contributed by atoms with Gasteiger partial charge in [0.1, 0.15) is 6.54 Å². The summed E-state index contributed by atoms with van der Waals surface area (Å²) in [5.41, 5.74) is 0.900. The predicted molar refractivity (Wildman–Crippen MR) is 125 cm³/mol. The molecule has 0 saturated heterocycles. The molecule has 4 aromatic carbocycles. The van der Waals surface area contributed by atoms with Crippen LogP contribution in [0.5, 0.6) is 0 Å². The molecule has 1 N–H and O–H groups in total. The standard InChI is InChI=1S/C24H19ClN2O3S/c25-20-9-6-10-22(16-20)27(31(29,30)23-11-2-1-3-12-23)17-24(28)26-21-14-13-18-7-4-5-8-19(18)15-21/h1-16H,17H2,(H,26,28). The Hall–Kier alpha value is -3.35. The van der Waals surface area contributed by atoms with Crippen LogP contribution in [-0.2, 0) is 14.8 Å². The Morgan fingerprint density at radius 1 is 0.806 bits per heavy atom. The van der Waals surface area contributed by atoms with E-state index in [0.29, 0.717) is 16.4 Å². The van der Waals surface area contributed by atoms with Crippen LogP contribution in [0.1, 0.15) is 0 Å². The highest BCUT2D eigenvalue weighted by molar-refractivity contribution is 7.92. The largest absolute Gasteiger partial charge is 0.324 e. The van der Waals surface area contributed by atoms with E-state index in [-0.39, 0.29) is 4.90 Å². The van der Waals surface area contributed by atoms with Crippen LogP contribution in [0, 0.1) is 0 Å². The molecule has 0 radical (unpaired) electrons. The van der Waals surface area contributed by atoms with Crippen LogP contribution in [0.15, 0.2) is 102 Å². The average Bonchev–Trinajstić information content (AvgIpc) is 2.78. The van der Waals surface area contributed by atoms with Crippen molar-refractivity contribution in [3.8, 4) is 0 Å². The number of amides is 1. The third-order valence-electron chi connectivity index (χ3n) is 4.75. The van der Waals surface area contributed by atoms with Crippen molar-refractivity contribution < 1.29 is 13.2 Å². The number of nitrogens with one attached hydrogen (secondary N) is 1. The van der Waals surface area contributed by atoms with Gasteiger partial charge in [0, 0.05) is 10.7 Å². The molecular formula is C24H19ClN2O3S. The number of halogens is 1. The molecule has 0 fully saturated rings. The van der Waals surface area contributed by atoms with Gasteiger partial charge in [-0.2, -0.15) is 0 Å². The number of benzene rings is 4. The van der Waals surface area contributed by atoms with Gasteiger partial charge in [-0.15, -0.1) is 0 Å². The van der Waals surface area contributed by atoms with Crippen LogP contribution >= 0.6 is 11.6 Å². The van der Waals surface area contributed by atoms with Crippen LogP contribution in [0.2, 0.25) is 5.02 Å². The number of hydrogen-bond donors (Lipinski definition) is 1. The lowest BCUT2D eigenvalue weighted by Crippen LogP contribution is -2.38. The fourth-order valence-corrected chi connectivity index (χ4v) is 4.88. The number of carbonyl (C=O) groups is 1. The zero-order valence-electron chi connectivity index (χ0n) is 16.4. The summed E-state index contributed by atoms with van der Waals surface area (Å²) in [4.78, 5) is 12.9. The van der Waals surface area contributed by atoms with Crippen LogP contribution in [0.25, 0.3) is 10.8 Å². The minimum absolute atomic E-state index is 0.0912. The van der Waals surface area contributed by atoms with Crippen molar-refractivity contribution in [2.24, 2.45) is 0 Å². The first-order valence-electron chi connectivity index (χ1n) is 9.55. The van der Waals surface area contributed by atoms with Gasteiger partial charge >= 0.3 is 0 Å². The van der Waals surface area contributed by atoms with Crippen molar-refractivity contribution in [2.45, 2.75) is 4.90 Å². The minimum Gasteiger partial charge on any atom is -0.324 e. The fraction of sp³-hybridized carbons (Fsp3) is 0.0417. The molecule has 31 heavy (non-hydrogen) atoms. The van der Waals surface area contributed by atoms with Gasteiger partial charge in [0.05, 0.1) is 10.6 Å². The van der Waals surface area contributed by atoms with Gasteiger partial charge in [0.2, 0.25) is 5.91 Å². The van der Waals surface area contributed by atoms with Crippen molar-refractivity contribution in [3.05, 3.63) is 102 Å². The van der Waals surface area contributed by atoms with E-state index in [1.54, 1.807) is 42.5 Å². The molecule has 1 amide bonds. The van der Waals surface area contributed by atoms with Crippen molar-refractivity contribution in [1.82, 2.24) is 0 Å². The molecule has 0 unspecified atom stereocenters. The number of nitrogens with zero attached hydrogens (tertiary/aromatic N) is 1. The lowest BCUT2D eigenvalue weighted by Gasteiger charge is -2.24. The van der Waals surface area contributed by atoms with E-state index in [4.69, 9.17) is 11.6 Å². The van der Waals surface area contributed by atoms with Gasteiger partial charge in [0.15, 0.2) is 0 Å². The Balaban J connectivity index is 1.64. The summed E-state index contributed by atoms with van der Waals surface area (Å²) in [6.45, 7) is -0.398. The van der Waals surface area contributed by atoms with E-state index < -0.39 is 22.5 Å². The third kappa shape index (κ3) is 4.71. The summed E-state index contributed by atoms with van der Waals surface area (Å²) >= 11 is 6.08. The summed E-state index contributed by atoms with van der Waals surface area (Å²) in [7, 11) is -3.98. The molecule has 0 aliphatic carbocycles. The summed E-state index contributed by atoms with van der Waals surface area (Å²) in [5, 5.41) is 5.19. The molecule has 0 aliphatic heterocycles. The maximum absolute atomic E-state index is 13.3. The first-order valence-corrected chi connectivity index (χ1v) is 11.4. The Bertz CT molecular complexity index is 1340. The van der Waals surface area contributed by atoms with E-state index in [2.05, 4.69) is 5.32 Å². The molecule has 4 rings (SSSR count). The third-order valence-corrected chi connectivity index (χ3v) is 6.77. The molecule has 4 aromatic rings. The zero-order chi connectivity index (χ0) is 21.8. The first-order chi connectivity index (χ1) is 14.9. The average molecular weight is 451 g/mol. The van der Waals surface area contributed by atoms with Gasteiger partial charge in [0.25, 0.3) is 10.0 Å².